The van der Waals surface area contributed by atoms with Gasteiger partial charge in [-0.3, -0.25) is 4.79 Å². The summed E-state index contributed by atoms with van der Waals surface area (Å²) in [7, 11) is 0. The first kappa shape index (κ1) is 14.1. The fourth-order valence-corrected chi connectivity index (χ4v) is 4.68. The van der Waals surface area contributed by atoms with E-state index >= 15 is 0 Å². The molecule has 4 unspecified atom stereocenters. The number of carbonyl (C=O) groups excluding carboxylic acids is 1. The average Bonchev–Trinajstić information content (AvgIpc) is 2.58. The Labute approximate surface area is 129 Å². The molecule has 2 aliphatic rings. The van der Waals surface area contributed by atoms with Crippen LogP contribution in [0.1, 0.15) is 44.0 Å². The van der Waals surface area contributed by atoms with E-state index in [1.807, 2.05) is 18.2 Å². The number of hydrogen-bond acceptors (Lipinski definition) is 2. The van der Waals surface area contributed by atoms with Crippen molar-refractivity contribution < 1.29 is 9.53 Å². The van der Waals surface area contributed by atoms with Crippen LogP contribution >= 0.6 is 15.9 Å². The van der Waals surface area contributed by atoms with Crippen molar-refractivity contribution in [3.05, 3.63) is 35.9 Å². The van der Waals surface area contributed by atoms with Gasteiger partial charge in [0.1, 0.15) is 6.10 Å². The van der Waals surface area contributed by atoms with E-state index in [1.165, 1.54) is 5.56 Å². The summed E-state index contributed by atoms with van der Waals surface area (Å²) in [5.74, 6) is 0.386. The lowest BCUT2D eigenvalue weighted by molar-refractivity contribution is -0.186. The maximum atomic E-state index is 12.5. The SMILES string of the molecule is CC12CCC(C(C(Br)c3ccccc3)OC1=O)C2(C)C. The van der Waals surface area contributed by atoms with Gasteiger partial charge in [0.2, 0.25) is 0 Å². The van der Waals surface area contributed by atoms with Crippen LogP contribution in [0.3, 0.4) is 0 Å². The highest BCUT2D eigenvalue weighted by Gasteiger charge is 2.64. The third kappa shape index (κ3) is 1.78. The fourth-order valence-electron chi connectivity index (χ4n) is 3.90. The van der Waals surface area contributed by atoms with E-state index in [0.29, 0.717) is 5.92 Å². The lowest BCUT2D eigenvalue weighted by atomic mass is 9.62. The van der Waals surface area contributed by atoms with Crippen LogP contribution in [0.2, 0.25) is 0 Å². The number of ether oxygens (including phenoxy) is 1. The van der Waals surface area contributed by atoms with Gasteiger partial charge in [0.05, 0.1) is 10.2 Å². The van der Waals surface area contributed by atoms with Crippen LogP contribution < -0.4 is 0 Å². The summed E-state index contributed by atoms with van der Waals surface area (Å²) in [6, 6.07) is 10.2. The van der Waals surface area contributed by atoms with E-state index in [4.69, 9.17) is 4.74 Å². The molecule has 0 spiro atoms. The molecule has 1 heterocycles. The number of benzene rings is 1. The molecular weight excluding hydrogens is 316 g/mol. The van der Waals surface area contributed by atoms with Gasteiger partial charge >= 0.3 is 5.97 Å². The van der Waals surface area contributed by atoms with Crippen molar-refractivity contribution >= 4 is 21.9 Å². The molecule has 1 saturated heterocycles. The first-order valence-electron chi connectivity index (χ1n) is 7.28. The molecular formula is C17H21BrO2. The zero-order valence-corrected chi connectivity index (χ0v) is 13.8. The summed E-state index contributed by atoms with van der Waals surface area (Å²) in [5.41, 5.74) is 0.849. The molecule has 0 N–H and O–H groups in total. The standard InChI is InChI=1S/C17H21BrO2/c1-16(2)12-9-10-17(16,3)15(19)20-14(12)13(18)11-7-5-4-6-8-11/h4-8,12-14H,9-10H2,1-3H3. The average molecular weight is 337 g/mol. The normalized spacial score (nSPS) is 36.5. The Morgan fingerprint density at radius 2 is 1.90 bits per heavy atom. The van der Waals surface area contributed by atoms with Crippen LogP contribution in [-0.2, 0) is 9.53 Å². The predicted molar refractivity (Wildman–Crippen MR) is 82.6 cm³/mol. The minimum atomic E-state index is -0.322. The zero-order chi connectivity index (χ0) is 14.5. The van der Waals surface area contributed by atoms with Gasteiger partial charge in [-0.1, -0.05) is 60.1 Å². The Morgan fingerprint density at radius 1 is 1.25 bits per heavy atom. The molecule has 108 valence electrons. The fraction of sp³-hybridized carbons (Fsp3) is 0.588. The van der Waals surface area contributed by atoms with Gasteiger partial charge in [-0.05, 0) is 30.7 Å². The number of fused-ring (bicyclic) bond motifs is 2. The maximum absolute atomic E-state index is 12.5. The lowest BCUT2D eigenvalue weighted by Gasteiger charge is -2.48. The molecule has 4 atom stereocenters. The third-order valence-electron chi connectivity index (χ3n) is 5.80. The molecule has 0 radical (unpaired) electrons. The van der Waals surface area contributed by atoms with Gasteiger partial charge in [-0.2, -0.15) is 0 Å². The van der Waals surface area contributed by atoms with Crippen molar-refractivity contribution in [3.63, 3.8) is 0 Å². The highest BCUT2D eigenvalue weighted by molar-refractivity contribution is 9.09. The Balaban J connectivity index is 1.95. The van der Waals surface area contributed by atoms with Crippen molar-refractivity contribution in [1.82, 2.24) is 0 Å². The number of hydrogen-bond donors (Lipinski definition) is 0. The second-order valence-corrected chi connectivity index (χ2v) is 7.87. The van der Waals surface area contributed by atoms with E-state index in [-0.39, 0.29) is 27.7 Å². The van der Waals surface area contributed by atoms with Crippen LogP contribution in [0.4, 0.5) is 0 Å². The molecule has 0 amide bonds. The molecule has 2 nitrogen and oxygen atoms in total. The second kappa shape index (κ2) is 4.59. The lowest BCUT2D eigenvalue weighted by Crippen LogP contribution is -2.52. The summed E-state index contributed by atoms with van der Waals surface area (Å²) in [5, 5.41) is 0. The number of carbonyl (C=O) groups is 1. The van der Waals surface area contributed by atoms with Crippen molar-refractivity contribution in [3.8, 4) is 0 Å². The number of rotatable bonds is 2. The van der Waals surface area contributed by atoms with Crippen molar-refractivity contribution in [1.29, 1.82) is 0 Å². The van der Waals surface area contributed by atoms with Crippen LogP contribution in [0, 0.1) is 16.7 Å². The summed E-state index contributed by atoms with van der Waals surface area (Å²) < 4.78 is 5.84. The largest absolute Gasteiger partial charge is 0.460 e. The first-order valence-corrected chi connectivity index (χ1v) is 8.19. The Kier molecular flexibility index (Phi) is 3.24. The molecule has 0 aromatic heterocycles. The Bertz CT molecular complexity index is 525. The number of cyclic esters (lactones) is 1. The maximum Gasteiger partial charge on any atom is 0.312 e. The molecule has 1 aliphatic heterocycles. The molecule has 2 fully saturated rings. The van der Waals surface area contributed by atoms with E-state index in [0.717, 1.165) is 12.8 Å². The van der Waals surface area contributed by atoms with E-state index < -0.39 is 0 Å². The van der Waals surface area contributed by atoms with E-state index in [2.05, 4.69) is 48.8 Å². The van der Waals surface area contributed by atoms with Crippen LogP contribution in [0.25, 0.3) is 0 Å². The second-order valence-electron chi connectivity index (χ2n) is 6.88. The Hall–Kier alpha value is -0.830. The number of halogens is 1. The highest BCUT2D eigenvalue weighted by atomic mass is 79.9. The van der Waals surface area contributed by atoms with Crippen LogP contribution in [0.15, 0.2) is 30.3 Å². The molecule has 1 saturated carbocycles. The van der Waals surface area contributed by atoms with Crippen molar-refractivity contribution in [2.75, 3.05) is 0 Å². The van der Waals surface area contributed by atoms with Gasteiger partial charge in [0, 0.05) is 5.92 Å². The van der Waals surface area contributed by atoms with Gasteiger partial charge in [-0.25, -0.2) is 0 Å². The molecule has 1 aliphatic carbocycles. The monoisotopic (exact) mass is 336 g/mol. The van der Waals surface area contributed by atoms with Gasteiger partial charge in [0.25, 0.3) is 0 Å². The third-order valence-corrected chi connectivity index (χ3v) is 6.85. The number of esters is 1. The highest BCUT2D eigenvalue weighted by Crippen LogP contribution is 2.62. The smallest absolute Gasteiger partial charge is 0.312 e. The topological polar surface area (TPSA) is 26.3 Å². The van der Waals surface area contributed by atoms with Crippen LogP contribution in [-0.4, -0.2) is 12.1 Å². The first-order chi connectivity index (χ1) is 9.38. The summed E-state index contributed by atoms with van der Waals surface area (Å²) in [6.07, 6.45) is 1.93. The zero-order valence-electron chi connectivity index (χ0n) is 12.2. The minimum absolute atomic E-state index is 0.00615. The molecule has 20 heavy (non-hydrogen) atoms. The summed E-state index contributed by atoms with van der Waals surface area (Å²) in [4.78, 5) is 12.6. The summed E-state index contributed by atoms with van der Waals surface area (Å²) in [6.45, 7) is 6.52. The molecule has 3 heteroatoms. The minimum Gasteiger partial charge on any atom is -0.460 e. The molecule has 2 bridgehead atoms. The predicted octanol–water partition coefficient (Wildman–Crippen LogP) is 4.49. The van der Waals surface area contributed by atoms with Crippen molar-refractivity contribution in [2.24, 2.45) is 16.7 Å². The molecule has 1 aromatic rings. The summed E-state index contributed by atoms with van der Waals surface area (Å²) >= 11 is 3.77. The van der Waals surface area contributed by atoms with E-state index in [1.54, 1.807) is 0 Å². The van der Waals surface area contributed by atoms with Gasteiger partial charge < -0.3 is 4.74 Å². The van der Waals surface area contributed by atoms with Crippen molar-refractivity contribution in [2.45, 2.75) is 44.5 Å². The molecule has 3 rings (SSSR count). The van der Waals surface area contributed by atoms with E-state index in [9.17, 15) is 4.79 Å². The quantitative estimate of drug-likeness (QED) is 0.587. The molecule has 1 aromatic carbocycles. The Morgan fingerprint density at radius 3 is 2.55 bits per heavy atom. The van der Waals surface area contributed by atoms with Crippen LogP contribution in [0.5, 0.6) is 0 Å². The number of alkyl halides is 1. The van der Waals surface area contributed by atoms with Gasteiger partial charge in [-0.15, -0.1) is 0 Å². The van der Waals surface area contributed by atoms with Gasteiger partial charge in [0.15, 0.2) is 0 Å².